The average molecular weight is 220 g/mol. The molecule has 0 unspecified atom stereocenters. The number of ether oxygens (including phenoxy) is 1. The van der Waals surface area contributed by atoms with E-state index in [1.54, 1.807) is 0 Å². The smallest absolute Gasteiger partial charge is 0.374 e. The minimum atomic E-state index is -3.01. The van der Waals surface area contributed by atoms with Crippen molar-refractivity contribution in [3.63, 3.8) is 0 Å². The zero-order chi connectivity index (χ0) is 11.6. The first-order valence-electron chi connectivity index (χ1n) is 3.71. The van der Waals surface area contributed by atoms with Crippen molar-refractivity contribution < 1.29 is 18.4 Å². The summed E-state index contributed by atoms with van der Waals surface area (Å²) in [6, 6.07) is 0.574. The van der Waals surface area contributed by atoms with Crippen LogP contribution in [0.1, 0.15) is 12.0 Å². The number of halogens is 2. The van der Waals surface area contributed by atoms with Crippen LogP contribution >= 0.6 is 0 Å². The Morgan fingerprint density at radius 1 is 1.60 bits per heavy atom. The number of nitrogens with zero attached hydrogens (tertiary/aromatic N) is 1. The first-order chi connectivity index (χ1) is 6.97. The van der Waals surface area contributed by atoms with Crippen LogP contribution in [0.25, 0.3) is 0 Å². The Hall–Kier alpha value is -1.99. The zero-order valence-corrected chi connectivity index (χ0v) is 7.49. The highest BCUT2D eigenvalue weighted by Gasteiger charge is 2.22. The molecule has 0 radical (unpaired) electrons. The zero-order valence-electron chi connectivity index (χ0n) is 7.49. The molecule has 1 rings (SSSR count). The van der Waals surface area contributed by atoms with Gasteiger partial charge in [-0.05, 0) is 4.92 Å². The monoisotopic (exact) mass is 220 g/mol. The molecule has 15 heavy (non-hydrogen) atoms. The highest BCUT2D eigenvalue weighted by molar-refractivity contribution is 5.38. The molecule has 0 atom stereocenters. The molecule has 0 saturated heterocycles. The molecule has 1 heterocycles. The van der Waals surface area contributed by atoms with E-state index in [1.807, 2.05) is 4.98 Å². The van der Waals surface area contributed by atoms with Crippen molar-refractivity contribution >= 4 is 5.82 Å². The number of pyridine rings is 1. The number of methoxy groups -OCH3 is 1. The summed E-state index contributed by atoms with van der Waals surface area (Å²) in [5.41, 5.74) is -1.85. The molecule has 0 aliphatic heterocycles. The molecule has 1 aromatic heterocycles. The van der Waals surface area contributed by atoms with Gasteiger partial charge in [0, 0.05) is 6.07 Å². The van der Waals surface area contributed by atoms with Crippen LogP contribution in [0.15, 0.2) is 10.9 Å². The van der Waals surface area contributed by atoms with Gasteiger partial charge in [-0.25, -0.2) is 18.6 Å². The van der Waals surface area contributed by atoms with Gasteiger partial charge in [-0.1, -0.05) is 0 Å². The number of hydrogen-bond donors (Lipinski definition) is 1. The molecule has 0 amide bonds. The number of aromatic nitrogens is 1. The summed E-state index contributed by atoms with van der Waals surface area (Å²) in [6.45, 7) is 0. The van der Waals surface area contributed by atoms with Crippen LogP contribution in [0.4, 0.5) is 14.6 Å². The maximum absolute atomic E-state index is 12.4. The number of nitrogens with one attached hydrogen (secondary N) is 1. The SMILES string of the molecule is COc1c(C(F)F)cc([N+](=O)[O-])[nH]c1=O. The Morgan fingerprint density at radius 3 is 2.60 bits per heavy atom. The van der Waals surface area contributed by atoms with Gasteiger partial charge in [0.05, 0.1) is 12.7 Å². The lowest BCUT2D eigenvalue weighted by atomic mass is 10.2. The maximum atomic E-state index is 12.4. The number of H-pyrrole nitrogens is 1. The van der Waals surface area contributed by atoms with Crippen LogP contribution in [-0.4, -0.2) is 17.0 Å². The molecular weight excluding hydrogens is 214 g/mol. The Labute approximate surface area is 81.6 Å². The van der Waals surface area contributed by atoms with E-state index in [4.69, 9.17) is 0 Å². The van der Waals surface area contributed by atoms with Gasteiger partial charge in [0.15, 0.2) is 0 Å². The Kier molecular flexibility index (Phi) is 2.98. The fourth-order valence-electron chi connectivity index (χ4n) is 1.02. The van der Waals surface area contributed by atoms with E-state index >= 15 is 0 Å². The molecule has 0 aromatic carbocycles. The largest absolute Gasteiger partial charge is 0.489 e. The molecule has 8 heteroatoms. The number of rotatable bonds is 3. The van der Waals surface area contributed by atoms with Crippen molar-refractivity contribution in [3.8, 4) is 5.75 Å². The van der Waals surface area contributed by atoms with Gasteiger partial charge in [0.25, 0.3) is 6.43 Å². The van der Waals surface area contributed by atoms with Crippen LogP contribution < -0.4 is 10.3 Å². The van der Waals surface area contributed by atoms with Crippen LogP contribution in [0.2, 0.25) is 0 Å². The normalized spacial score (nSPS) is 10.4. The highest BCUT2D eigenvalue weighted by atomic mass is 19.3. The Balaban J connectivity index is 3.46. The topological polar surface area (TPSA) is 85.2 Å². The summed E-state index contributed by atoms with van der Waals surface area (Å²) in [5, 5.41) is 10.3. The first-order valence-corrected chi connectivity index (χ1v) is 3.71. The van der Waals surface area contributed by atoms with Crippen molar-refractivity contribution in [2.24, 2.45) is 0 Å². The van der Waals surface area contributed by atoms with E-state index < -0.39 is 34.0 Å². The van der Waals surface area contributed by atoms with Gasteiger partial charge in [0.2, 0.25) is 5.75 Å². The number of nitro groups is 1. The van der Waals surface area contributed by atoms with E-state index in [0.29, 0.717) is 6.07 Å². The fourth-order valence-corrected chi connectivity index (χ4v) is 1.02. The highest BCUT2D eigenvalue weighted by Crippen LogP contribution is 2.27. The lowest BCUT2D eigenvalue weighted by molar-refractivity contribution is -0.389. The second-order valence-electron chi connectivity index (χ2n) is 2.53. The summed E-state index contributed by atoms with van der Waals surface area (Å²) in [7, 11) is 1.03. The van der Waals surface area contributed by atoms with E-state index in [2.05, 4.69) is 4.74 Å². The molecular formula is C7H6F2N2O4. The van der Waals surface area contributed by atoms with Crippen LogP contribution in [-0.2, 0) is 0 Å². The van der Waals surface area contributed by atoms with Crippen LogP contribution in [0.5, 0.6) is 5.75 Å². The van der Waals surface area contributed by atoms with Crippen molar-refractivity contribution in [3.05, 3.63) is 32.1 Å². The van der Waals surface area contributed by atoms with E-state index in [0.717, 1.165) is 7.11 Å². The van der Waals surface area contributed by atoms with Crippen molar-refractivity contribution in [2.75, 3.05) is 7.11 Å². The van der Waals surface area contributed by atoms with E-state index in [1.165, 1.54) is 0 Å². The average Bonchev–Trinajstić information content (AvgIpc) is 2.16. The molecule has 1 aromatic rings. The summed E-state index contributed by atoms with van der Waals surface area (Å²) in [5.74, 6) is -1.41. The second-order valence-corrected chi connectivity index (χ2v) is 2.53. The summed E-state index contributed by atoms with van der Waals surface area (Å²) >= 11 is 0. The van der Waals surface area contributed by atoms with Crippen LogP contribution in [0.3, 0.4) is 0 Å². The summed E-state index contributed by atoms with van der Waals surface area (Å²) < 4.78 is 29.2. The number of alkyl halides is 2. The minimum absolute atomic E-state index is 0.574. The van der Waals surface area contributed by atoms with Crippen molar-refractivity contribution in [2.45, 2.75) is 6.43 Å². The predicted octanol–water partition coefficient (Wildman–Crippen LogP) is 1.23. The third-order valence-corrected chi connectivity index (χ3v) is 1.64. The predicted molar refractivity (Wildman–Crippen MR) is 45.2 cm³/mol. The lowest BCUT2D eigenvalue weighted by Gasteiger charge is -2.04. The molecule has 1 N–H and O–H groups in total. The molecule has 0 fully saturated rings. The third kappa shape index (κ3) is 2.09. The molecule has 82 valence electrons. The molecule has 0 bridgehead atoms. The Morgan fingerprint density at radius 2 is 2.20 bits per heavy atom. The van der Waals surface area contributed by atoms with Crippen molar-refractivity contribution in [1.82, 2.24) is 4.98 Å². The molecule has 0 saturated carbocycles. The minimum Gasteiger partial charge on any atom is -0.489 e. The molecule has 0 spiro atoms. The quantitative estimate of drug-likeness (QED) is 0.613. The molecule has 0 aliphatic rings. The van der Waals surface area contributed by atoms with Gasteiger partial charge in [-0.3, -0.25) is 0 Å². The fraction of sp³-hybridized carbons (Fsp3) is 0.286. The molecule has 0 aliphatic carbocycles. The van der Waals surface area contributed by atoms with Crippen molar-refractivity contribution in [1.29, 1.82) is 0 Å². The summed E-state index contributed by atoms with van der Waals surface area (Å²) in [6.07, 6.45) is -3.01. The number of aromatic amines is 1. The third-order valence-electron chi connectivity index (χ3n) is 1.64. The second kappa shape index (κ2) is 4.03. The standard InChI is InChI=1S/C7H6F2N2O4/c1-15-5-3(6(8)9)2-4(11(13)14)10-7(5)12/h2,6H,1H3,(H,10,12). The molecule has 6 nitrogen and oxygen atoms in total. The van der Waals surface area contributed by atoms with Crippen LogP contribution in [0, 0.1) is 10.1 Å². The summed E-state index contributed by atoms with van der Waals surface area (Å²) in [4.78, 5) is 22.2. The Bertz CT molecular complexity index is 443. The first kappa shape index (κ1) is 11.1. The van der Waals surface area contributed by atoms with Gasteiger partial charge in [-0.15, -0.1) is 0 Å². The number of hydrogen-bond acceptors (Lipinski definition) is 4. The lowest BCUT2D eigenvalue weighted by Crippen LogP contribution is -2.14. The van der Waals surface area contributed by atoms with Gasteiger partial charge >= 0.3 is 11.4 Å². The van der Waals surface area contributed by atoms with E-state index in [-0.39, 0.29) is 0 Å². The van der Waals surface area contributed by atoms with Gasteiger partial charge < -0.3 is 14.9 Å². The maximum Gasteiger partial charge on any atom is 0.374 e. The van der Waals surface area contributed by atoms with Gasteiger partial charge in [-0.2, -0.15) is 0 Å². The van der Waals surface area contributed by atoms with E-state index in [9.17, 15) is 23.7 Å². The van der Waals surface area contributed by atoms with Gasteiger partial charge in [0.1, 0.15) is 0 Å².